The number of nitrogens with one attached hydrogen (secondary N) is 1. The van der Waals surface area contributed by atoms with Crippen molar-refractivity contribution >= 4 is 11.9 Å². The van der Waals surface area contributed by atoms with E-state index in [1.165, 1.54) is 0 Å². The van der Waals surface area contributed by atoms with Crippen LogP contribution in [0.4, 0.5) is 6.01 Å². The van der Waals surface area contributed by atoms with E-state index in [-0.39, 0.29) is 18.5 Å². The number of carbonyl (C=O) groups is 1. The lowest BCUT2D eigenvalue weighted by molar-refractivity contribution is -0.135. The predicted octanol–water partition coefficient (Wildman–Crippen LogP) is -0.812. The Bertz CT molecular complexity index is 402. The summed E-state index contributed by atoms with van der Waals surface area (Å²) in [6, 6.07) is -0.210. The highest BCUT2D eigenvalue weighted by molar-refractivity contribution is 5.83. The third-order valence-corrected chi connectivity index (χ3v) is 2.67. The maximum atomic E-state index is 12.1. The van der Waals surface area contributed by atoms with Gasteiger partial charge in [0, 0.05) is 13.1 Å². The molecule has 8 nitrogen and oxygen atoms in total. The van der Waals surface area contributed by atoms with Gasteiger partial charge in [0.1, 0.15) is 6.04 Å². The van der Waals surface area contributed by atoms with Crippen LogP contribution in [0.25, 0.3) is 0 Å². The second-order valence-electron chi connectivity index (χ2n) is 4.01. The smallest absolute Gasteiger partial charge is 0.316 e. The van der Waals surface area contributed by atoms with Crippen LogP contribution in [0.15, 0.2) is 4.42 Å². The van der Waals surface area contributed by atoms with E-state index in [4.69, 9.17) is 14.9 Å². The Hall–Kier alpha value is -1.67. The van der Waals surface area contributed by atoms with E-state index in [1.807, 2.05) is 0 Å². The van der Waals surface area contributed by atoms with Crippen LogP contribution in [0.3, 0.4) is 0 Å². The fourth-order valence-corrected chi connectivity index (χ4v) is 1.70. The Morgan fingerprint density at radius 3 is 2.83 bits per heavy atom. The molecular weight excluding hydrogens is 238 g/mol. The number of anilines is 1. The highest BCUT2D eigenvalue weighted by Gasteiger charge is 2.23. The van der Waals surface area contributed by atoms with Gasteiger partial charge in [-0.25, -0.2) is 0 Å². The first-order valence-electron chi connectivity index (χ1n) is 5.86. The lowest BCUT2D eigenvalue weighted by Crippen LogP contribution is -2.47. The van der Waals surface area contributed by atoms with Crippen LogP contribution in [0.2, 0.25) is 0 Å². The topological polar surface area (TPSA) is 107 Å². The first kappa shape index (κ1) is 12.8. The number of carbonyl (C=O) groups excluding carboxylic acids is 1. The molecule has 1 aromatic heterocycles. The molecule has 2 rings (SSSR count). The lowest BCUT2D eigenvalue weighted by atomic mass is 10.2. The van der Waals surface area contributed by atoms with E-state index >= 15 is 0 Å². The van der Waals surface area contributed by atoms with E-state index in [9.17, 15) is 4.79 Å². The van der Waals surface area contributed by atoms with Crippen molar-refractivity contribution in [2.45, 2.75) is 19.5 Å². The Balaban J connectivity index is 1.89. The molecule has 1 aliphatic rings. The maximum absolute atomic E-state index is 12.1. The normalized spacial score (nSPS) is 17.6. The van der Waals surface area contributed by atoms with E-state index in [1.54, 1.807) is 11.8 Å². The van der Waals surface area contributed by atoms with Crippen LogP contribution < -0.4 is 11.1 Å². The van der Waals surface area contributed by atoms with Crippen LogP contribution in [0.5, 0.6) is 0 Å². The molecule has 0 spiro atoms. The summed E-state index contributed by atoms with van der Waals surface area (Å²) in [6.07, 6.45) is 0. The zero-order valence-corrected chi connectivity index (χ0v) is 10.3. The summed E-state index contributed by atoms with van der Waals surface area (Å²) < 4.78 is 10.4. The largest absolute Gasteiger partial charge is 0.407 e. The first-order chi connectivity index (χ1) is 8.70. The van der Waals surface area contributed by atoms with Gasteiger partial charge >= 0.3 is 6.01 Å². The van der Waals surface area contributed by atoms with Crippen LogP contribution in [-0.2, 0) is 16.1 Å². The lowest BCUT2D eigenvalue weighted by Gasteiger charge is -2.29. The average molecular weight is 255 g/mol. The second kappa shape index (κ2) is 5.78. The molecule has 2 heterocycles. The van der Waals surface area contributed by atoms with Crippen molar-refractivity contribution in [3.8, 4) is 0 Å². The fourth-order valence-electron chi connectivity index (χ4n) is 1.70. The van der Waals surface area contributed by atoms with Crippen LogP contribution >= 0.6 is 0 Å². The number of nitrogens with two attached hydrogens (primary N) is 1. The summed E-state index contributed by atoms with van der Waals surface area (Å²) in [7, 11) is 0. The number of rotatable bonds is 4. The maximum Gasteiger partial charge on any atom is 0.316 e. The summed E-state index contributed by atoms with van der Waals surface area (Å²) >= 11 is 0. The molecule has 100 valence electrons. The molecule has 1 saturated heterocycles. The van der Waals surface area contributed by atoms with Crippen molar-refractivity contribution in [1.29, 1.82) is 0 Å². The second-order valence-corrected chi connectivity index (χ2v) is 4.01. The molecule has 8 heteroatoms. The molecular formula is C10H17N5O3. The SMILES string of the molecule is CC(Nc1nnc(CN)o1)C(=O)N1CCOCC1. The number of ether oxygens (including phenoxy) is 1. The number of nitrogens with zero attached hydrogens (tertiary/aromatic N) is 3. The molecule has 0 aromatic carbocycles. The van der Waals surface area contributed by atoms with Gasteiger partial charge in [-0.3, -0.25) is 4.79 Å². The number of amides is 1. The molecule has 3 N–H and O–H groups in total. The molecule has 1 unspecified atom stereocenters. The van der Waals surface area contributed by atoms with Crippen LogP contribution in [0.1, 0.15) is 12.8 Å². The third kappa shape index (κ3) is 2.96. The minimum absolute atomic E-state index is 0.00852. The van der Waals surface area contributed by atoms with Gasteiger partial charge in [-0.05, 0) is 6.92 Å². The van der Waals surface area contributed by atoms with Gasteiger partial charge in [0.25, 0.3) is 0 Å². The molecule has 0 saturated carbocycles. The average Bonchev–Trinajstić information content (AvgIpc) is 2.86. The first-order valence-corrected chi connectivity index (χ1v) is 5.86. The summed E-state index contributed by atoms with van der Waals surface area (Å²) in [5.41, 5.74) is 5.36. The summed E-state index contributed by atoms with van der Waals surface area (Å²) in [6.45, 7) is 4.32. The molecule has 1 atom stereocenters. The van der Waals surface area contributed by atoms with Gasteiger partial charge in [-0.1, -0.05) is 5.10 Å². The zero-order chi connectivity index (χ0) is 13.0. The molecule has 18 heavy (non-hydrogen) atoms. The van der Waals surface area contributed by atoms with E-state index in [2.05, 4.69) is 15.5 Å². The van der Waals surface area contributed by atoms with Gasteiger partial charge in [0.05, 0.1) is 19.8 Å². The Morgan fingerprint density at radius 1 is 1.50 bits per heavy atom. The van der Waals surface area contributed by atoms with E-state index in [0.29, 0.717) is 32.2 Å². The molecule has 1 aliphatic heterocycles. The summed E-state index contributed by atoms with van der Waals surface area (Å²) in [5.74, 6) is 0.328. The van der Waals surface area contributed by atoms with Crippen LogP contribution in [0, 0.1) is 0 Å². The highest BCUT2D eigenvalue weighted by atomic mass is 16.5. The van der Waals surface area contributed by atoms with Gasteiger partial charge in [0.15, 0.2) is 0 Å². The minimum Gasteiger partial charge on any atom is -0.407 e. The molecule has 0 aliphatic carbocycles. The number of hydrogen-bond acceptors (Lipinski definition) is 7. The van der Waals surface area contributed by atoms with Crippen LogP contribution in [-0.4, -0.2) is 53.3 Å². The van der Waals surface area contributed by atoms with Crippen molar-refractivity contribution in [2.75, 3.05) is 31.6 Å². The standard InChI is InChI=1S/C10H17N5O3/c1-7(9(16)15-2-4-17-5-3-15)12-10-14-13-8(6-11)18-10/h7H,2-6,11H2,1H3,(H,12,14). The third-order valence-electron chi connectivity index (χ3n) is 2.67. The van der Waals surface area contributed by atoms with Crippen molar-refractivity contribution in [3.63, 3.8) is 0 Å². The Morgan fingerprint density at radius 2 is 2.22 bits per heavy atom. The zero-order valence-electron chi connectivity index (χ0n) is 10.3. The fraction of sp³-hybridized carbons (Fsp3) is 0.700. The Labute approximate surface area is 104 Å². The summed E-state index contributed by atoms with van der Waals surface area (Å²) in [4.78, 5) is 13.8. The summed E-state index contributed by atoms with van der Waals surface area (Å²) in [5, 5.41) is 10.3. The van der Waals surface area contributed by atoms with Gasteiger partial charge in [-0.2, -0.15) is 0 Å². The Kier molecular flexibility index (Phi) is 4.11. The minimum atomic E-state index is -0.422. The molecule has 1 amide bonds. The number of aromatic nitrogens is 2. The quantitative estimate of drug-likeness (QED) is 0.724. The molecule has 1 aromatic rings. The van der Waals surface area contributed by atoms with Gasteiger partial charge in [-0.15, -0.1) is 5.10 Å². The van der Waals surface area contributed by atoms with Crippen molar-refractivity contribution < 1.29 is 13.9 Å². The highest BCUT2D eigenvalue weighted by Crippen LogP contribution is 2.08. The monoisotopic (exact) mass is 255 g/mol. The number of morpholine rings is 1. The van der Waals surface area contributed by atoms with Crippen molar-refractivity contribution in [1.82, 2.24) is 15.1 Å². The molecule has 0 radical (unpaired) electrons. The van der Waals surface area contributed by atoms with Crippen molar-refractivity contribution in [2.24, 2.45) is 5.73 Å². The molecule has 0 bridgehead atoms. The van der Waals surface area contributed by atoms with Gasteiger partial charge in [0.2, 0.25) is 11.8 Å². The van der Waals surface area contributed by atoms with Gasteiger partial charge < -0.3 is 25.1 Å². The number of hydrogen-bond donors (Lipinski definition) is 2. The van der Waals surface area contributed by atoms with E-state index in [0.717, 1.165) is 0 Å². The molecule has 1 fully saturated rings. The van der Waals surface area contributed by atoms with Crippen molar-refractivity contribution in [3.05, 3.63) is 5.89 Å². The van der Waals surface area contributed by atoms with E-state index < -0.39 is 6.04 Å². The predicted molar refractivity (Wildman–Crippen MR) is 62.7 cm³/mol.